The normalized spacial score (nSPS) is 12.8. The molecule has 0 aromatic rings. The molecule has 0 bridgehead atoms. The summed E-state index contributed by atoms with van der Waals surface area (Å²) in [5, 5.41) is 0. The zero-order valence-electron chi connectivity index (χ0n) is 50.4. The smallest absolute Gasteiger partial charge is 0.306 e. The topological polar surface area (TPSA) is 78.9 Å². The Labute approximate surface area is 476 Å². The van der Waals surface area contributed by atoms with Crippen LogP contribution in [0.1, 0.15) is 303 Å². The van der Waals surface area contributed by atoms with Gasteiger partial charge < -0.3 is 14.2 Å². The van der Waals surface area contributed by atoms with Crippen molar-refractivity contribution in [2.45, 2.75) is 309 Å². The SMILES string of the molecule is CC/C=C\C/C=C\C/C=C\C/C=C\C/C=C\CCCC(=O)OCC(COC(=O)CCCCCCCCCCCCC/C=C\C/C=C\CCCCCCC)OC(=O)CCCCCCCCCCC/C=C\C/C=C\CCCCC. The standard InChI is InChI=1S/C71H120O6/c1-4-7-10-13-16-19-22-25-28-31-33-34-35-36-38-40-43-46-49-52-55-58-61-64-70(73)76-67-68(66-75-69(72)63-60-57-54-51-48-45-42-39-30-27-24-21-18-15-12-9-6-3)77-71(74)65-62-59-56-53-50-47-44-41-37-32-29-26-23-20-17-14-11-8-5-2/h9,12,17-18,20-22,25-27,29-31,33,42,45,51,54,68H,4-8,10-11,13-16,19,23-24,28,32,34-41,43-44,46-50,52-53,55-67H2,1-3H3/b12-9-,20-17-,21-18-,25-22-,29-26-,30-27-,33-31-,45-42-,54-51-. The molecule has 0 heterocycles. The number of unbranched alkanes of at least 4 members (excludes halogenated alkanes) is 29. The molecular weight excluding hydrogens is 949 g/mol. The van der Waals surface area contributed by atoms with Gasteiger partial charge in [0.1, 0.15) is 13.2 Å². The molecule has 0 fully saturated rings. The zero-order valence-corrected chi connectivity index (χ0v) is 50.4. The second-order valence-electron chi connectivity index (χ2n) is 21.3. The van der Waals surface area contributed by atoms with E-state index >= 15 is 0 Å². The maximum Gasteiger partial charge on any atom is 0.306 e. The summed E-state index contributed by atoms with van der Waals surface area (Å²) in [7, 11) is 0. The van der Waals surface area contributed by atoms with Crippen LogP contribution in [0, 0.1) is 0 Å². The van der Waals surface area contributed by atoms with Crippen molar-refractivity contribution in [3.8, 4) is 0 Å². The van der Waals surface area contributed by atoms with Gasteiger partial charge in [-0.2, -0.15) is 0 Å². The monoisotopic (exact) mass is 1070 g/mol. The molecule has 0 aliphatic rings. The first-order valence-electron chi connectivity index (χ1n) is 32.4. The van der Waals surface area contributed by atoms with Crippen LogP contribution in [0.2, 0.25) is 0 Å². The Bertz CT molecular complexity index is 1560. The minimum atomic E-state index is -0.808. The molecule has 0 rings (SSSR count). The van der Waals surface area contributed by atoms with Crippen molar-refractivity contribution in [3.05, 3.63) is 109 Å². The number of esters is 3. The summed E-state index contributed by atoms with van der Waals surface area (Å²) in [5.41, 5.74) is 0. The Morgan fingerprint density at radius 1 is 0.273 bits per heavy atom. The third-order valence-electron chi connectivity index (χ3n) is 13.7. The highest BCUT2D eigenvalue weighted by Crippen LogP contribution is 2.16. The summed E-state index contributed by atoms with van der Waals surface area (Å²) in [6.07, 6.45) is 88.1. The average molecular weight is 1070 g/mol. The summed E-state index contributed by atoms with van der Waals surface area (Å²) < 4.78 is 16.9. The van der Waals surface area contributed by atoms with Gasteiger partial charge in [0.05, 0.1) is 0 Å². The van der Waals surface area contributed by atoms with Gasteiger partial charge in [-0.15, -0.1) is 0 Å². The fourth-order valence-electron chi connectivity index (χ4n) is 8.89. The highest BCUT2D eigenvalue weighted by molar-refractivity contribution is 5.71. The summed E-state index contributed by atoms with van der Waals surface area (Å²) in [4.78, 5) is 38.3. The number of carbonyl (C=O) groups is 3. The first kappa shape index (κ1) is 73.1. The van der Waals surface area contributed by atoms with E-state index < -0.39 is 6.10 Å². The number of hydrogen-bond donors (Lipinski definition) is 0. The van der Waals surface area contributed by atoms with E-state index in [-0.39, 0.29) is 37.5 Å². The van der Waals surface area contributed by atoms with Crippen LogP contribution in [0.25, 0.3) is 0 Å². The van der Waals surface area contributed by atoms with Crippen molar-refractivity contribution in [3.63, 3.8) is 0 Å². The molecule has 0 radical (unpaired) electrons. The molecule has 6 nitrogen and oxygen atoms in total. The molecule has 0 aliphatic carbocycles. The minimum Gasteiger partial charge on any atom is -0.462 e. The maximum atomic E-state index is 12.9. The number of hydrogen-bond acceptors (Lipinski definition) is 6. The van der Waals surface area contributed by atoms with Crippen LogP contribution in [-0.2, 0) is 28.6 Å². The van der Waals surface area contributed by atoms with Gasteiger partial charge in [-0.1, -0.05) is 271 Å². The molecule has 1 unspecified atom stereocenters. The van der Waals surface area contributed by atoms with E-state index in [2.05, 4.69) is 130 Å². The van der Waals surface area contributed by atoms with E-state index in [9.17, 15) is 14.4 Å². The van der Waals surface area contributed by atoms with Crippen LogP contribution in [0.15, 0.2) is 109 Å². The van der Waals surface area contributed by atoms with E-state index in [1.165, 1.54) is 167 Å². The van der Waals surface area contributed by atoms with Gasteiger partial charge >= 0.3 is 17.9 Å². The molecular formula is C71H120O6. The Kier molecular flexibility index (Phi) is 61.3. The van der Waals surface area contributed by atoms with E-state index in [1.807, 2.05) is 0 Å². The Morgan fingerprint density at radius 2 is 0.519 bits per heavy atom. The average Bonchev–Trinajstić information content (AvgIpc) is 3.43. The van der Waals surface area contributed by atoms with Gasteiger partial charge in [-0.25, -0.2) is 0 Å². The molecule has 0 N–H and O–H groups in total. The van der Waals surface area contributed by atoms with Crippen molar-refractivity contribution in [2.24, 2.45) is 0 Å². The van der Waals surface area contributed by atoms with Gasteiger partial charge in [-0.3, -0.25) is 14.4 Å². The van der Waals surface area contributed by atoms with E-state index in [0.29, 0.717) is 19.3 Å². The van der Waals surface area contributed by atoms with Gasteiger partial charge in [0.15, 0.2) is 6.10 Å². The fraction of sp³-hybridized carbons (Fsp3) is 0.704. The van der Waals surface area contributed by atoms with Crippen molar-refractivity contribution in [2.75, 3.05) is 13.2 Å². The van der Waals surface area contributed by atoms with E-state index in [0.717, 1.165) is 89.9 Å². The highest BCUT2D eigenvalue weighted by atomic mass is 16.6. The first-order valence-corrected chi connectivity index (χ1v) is 32.4. The van der Waals surface area contributed by atoms with Crippen LogP contribution >= 0.6 is 0 Å². The Balaban J connectivity index is 4.43. The summed E-state index contributed by atoms with van der Waals surface area (Å²) >= 11 is 0. The largest absolute Gasteiger partial charge is 0.462 e. The summed E-state index contributed by atoms with van der Waals surface area (Å²) in [6.45, 7) is 6.46. The van der Waals surface area contributed by atoms with Crippen LogP contribution in [-0.4, -0.2) is 37.2 Å². The van der Waals surface area contributed by atoms with Gasteiger partial charge in [0.25, 0.3) is 0 Å². The van der Waals surface area contributed by atoms with Crippen LogP contribution in [0.3, 0.4) is 0 Å². The van der Waals surface area contributed by atoms with Gasteiger partial charge in [0, 0.05) is 19.3 Å². The predicted molar refractivity (Wildman–Crippen MR) is 334 cm³/mol. The lowest BCUT2D eigenvalue weighted by atomic mass is 10.0. The highest BCUT2D eigenvalue weighted by Gasteiger charge is 2.19. The zero-order chi connectivity index (χ0) is 55.7. The number of ether oxygens (including phenoxy) is 3. The Morgan fingerprint density at radius 3 is 0.870 bits per heavy atom. The van der Waals surface area contributed by atoms with Crippen LogP contribution in [0.5, 0.6) is 0 Å². The molecule has 1 atom stereocenters. The second-order valence-corrected chi connectivity index (χ2v) is 21.3. The van der Waals surface area contributed by atoms with Gasteiger partial charge in [-0.05, 0) is 122 Å². The molecule has 6 heteroatoms. The summed E-state index contributed by atoms with van der Waals surface area (Å²) in [6, 6.07) is 0. The lowest BCUT2D eigenvalue weighted by molar-refractivity contribution is -0.167. The molecule has 77 heavy (non-hydrogen) atoms. The predicted octanol–water partition coefficient (Wildman–Crippen LogP) is 22.2. The maximum absolute atomic E-state index is 12.9. The Hall–Kier alpha value is -3.93. The molecule has 0 aromatic heterocycles. The van der Waals surface area contributed by atoms with Crippen LogP contribution < -0.4 is 0 Å². The molecule has 440 valence electrons. The lowest BCUT2D eigenvalue weighted by Gasteiger charge is -2.18. The second kappa shape index (κ2) is 64.6. The minimum absolute atomic E-state index is 0.0988. The third kappa shape index (κ3) is 62.8. The van der Waals surface area contributed by atoms with Crippen molar-refractivity contribution < 1.29 is 28.6 Å². The lowest BCUT2D eigenvalue weighted by Crippen LogP contribution is -2.30. The van der Waals surface area contributed by atoms with Crippen LogP contribution in [0.4, 0.5) is 0 Å². The molecule has 0 spiro atoms. The molecule has 0 saturated carbocycles. The van der Waals surface area contributed by atoms with Crippen molar-refractivity contribution in [1.29, 1.82) is 0 Å². The number of allylic oxidation sites excluding steroid dienone is 18. The molecule has 0 amide bonds. The van der Waals surface area contributed by atoms with E-state index in [1.54, 1.807) is 0 Å². The molecule has 0 aromatic carbocycles. The third-order valence-corrected chi connectivity index (χ3v) is 13.7. The summed E-state index contributed by atoms with van der Waals surface area (Å²) in [5.74, 6) is -0.958. The molecule has 0 saturated heterocycles. The fourth-order valence-corrected chi connectivity index (χ4v) is 8.89. The number of carbonyl (C=O) groups excluding carboxylic acids is 3. The quantitative estimate of drug-likeness (QED) is 0.0261. The number of rotatable bonds is 58. The molecule has 0 aliphatic heterocycles. The van der Waals surface area contributed by atoms with E-state index in [4.69, 9.17) is 14.2 Å². The van der Waals surface area contributed by atoms with Gasteiger partial charge in [0.2, 0.25) is 0 Å². The van der Waals surface area contributed by atoms with Crippen molar-refractivity contribution >= 4 is 17.9 Å². The van der Waals surface area contributed by atoms with Crippen molar-refractivity contribution in [1.82, 2.24) is 0 Å². The first-order chi connectivity index (χ1) is 38.0.